The molecule has 1 aliphatic rings. The number of thioether (sulfide) groups is 1. The van der Waals surface area contributed by atoms with Gasteiger partial charge in [0.15, 0.2) is 10.4 Å². The Balaban J connectivity index is 2.73. The molecular formula is C5H6N4O3S. The van der Waals surface area contributed by atoms with Crippen LogP contribution in [0.25, 0.3) is 0 Å². The van der Waals surface area contributed by atoms with E-state index in [1.54, 1.807) is 0 Å². The van der Waals surface area contributed by atoms with Gasteiger partial charge in [0.25, 0.3) is 11.8 Å². The van der Waals surface area contributed by atoms with Gasteiger partial charge in [-0.15, -0.1) is 0 Å². The van der Waals surface area contributed by atoms with Crippen molar-refractivity contribution in [2.75, 3.05) is 0 Å². The van der Waals surface area contributed by atoms with Gasteiger partial charge in [0.05, 0.1) is 0 Å². The van der Waals surface area contributed by atoms with E-state index >= 15 is 0 Å². The van der Waals surface area contributed by atoms with Crippen LogP contribution in [0.4, 0.5) is 4.79 Å². The maximum Gasteiger partial charge on any atom is 0.328 e. The molecule has 0 atom stereocenters. The Labute approximate surface area is 76.9 Å². The van der Waals surface area contributed by atoms with Gasteiger partial charge in [0.1, 0.15) is 0 Å². The fourth-order valence-corrected chi connectivity index (χ4v) is 1.33. The summed E-state index contributed by atoms with van der Waals surface area (Å²) in [5.41, 5.74) is 4.98. The second-order valence-corrected chi connectivity index (χ2v) is 3.32. The summed E-state index contributed by atoms with van der Waals surface area (Å²) in [5, 5.41) is 9.11. The number of urea groups is 1. The minimum Gasteiger partial charge on any atom is -0.379 e. The Kier molecular flexibility index (Phi) is 2.52. The molecule has 0 aromatic heterocycles. The molecule has 1 rings (SSSR count). The van der Waals surface area contributed by atoms with Gasteiger partial charge in [-0.2, -0.15) is 0 Å². The van der Waals surface area contributed by atoms with Crippen LogP contribution in [0.2, 0.25) is 0 Å². The first-order valence-electron chi connectivity index (χ1n) is 3.17. The largest absolute Gasteiger partial charge is 0.379 e. The van der Waals surface area contributed by atoms with Crippen LogP contribution >= 0.6 is 11.8 Å². The van der Waals surface area contributed by atoms with E-state index in [0.717, 1.165) is 0 Å². The molecule has 1 aliphatic heterocycles. The average molecular weight is 202 g/mol. The SMILES string of the molecule is N=C(N)SC1C(=O)NC(=O)NC1=O. The molecule has 0 unspecified atom stereocenters. The lowest BCUT2D eigenvalue weighted by molar-refractivity contribution is -0.128. The number of amides is 4. The smallest absolute Gasteiger partial charge is 0.328 e. The van der Waals surface area contributed by atoms with Crippen LogP contribution < -0.4 is 16.4 Å². The predicted molar refractivity (Wildman–Crippen MR) is 45.0 cm³/mol. The molecule has 7 nitrogen and oxygen atoms in total. The number of rotatable bonds is 1. The van der Waals surface area contributed by atoms with E-state index in [4.69, 9.17) is 11.1 Å². The zero-order valence-corrected chi connectivity index (χ0v) is 7.10. The first-order chi connectivity index (χ1) is 6.00. The summed E-state index contributed by atoms with van der Waals surface area (Å²) in [6, 6.07) is -0.851. The third-order valence-electron chi connectivity index (χ3n) is 1.19. The van der Waals surface area contributed by atoms with Crippen LogP contribution in [-0.2, 0) is 9.59 Å². The number of nitrogens with two attached hydrogens (primary N) is 1. The predicted octanol–water partition coefficient (Wildman–Crippen LogP) is -1.65. The number of hydrogen-bond acceptors (Lipinski definition) is 5. The molecule has 0 spiro atoms. The maximum atomic E-state index is 11.0. The van der Waals surface area contributed by atoms with Gasteiger partial charge < -0.3 is 5.73 Å². The van der Waals surface area contributed by atoms with Crippen LogP contribution in [0.5, 0.6) is 0 Å². The van der Waals surface area contributed by atoms with Crippen LogP contribution in [0.3, 0.4) is 0 Å². The van der Waals surface area contributed by atoms with E-state index in [-0.39, 0.29) is 5.17 Å². The van der Waals surface area contributed by atoms with Gasteiger partial charge >= 0.3 is 6.03 Å². The highest BCUT2D eigenvalue weighted by atomic mass is 32.2. The van der Waals surface area contributed by atoms with Crippen molar-refractivity contribution in [3.63, 3.8) is 0 Å². The van der Waals surface area contributed by atoms with Crippen molar-refractivity contribution in [2.45, 2.75) is 5.25 Å². The topological polar surface area (TPSA) is 125 Å². The molecule has 4 amide bonds. The van der Waals surface area contributed by atoms with Gasteiger partial charge in [0, 0.05) is 0 Å². The number of nitrogens with one attached hydrogen (secondary N) is 3. The average Bonchev–Trinajstić information content (AvgIpc) is 1.96. The lowest BCUT2D eigenvalue weighted by atomic mass is 10.3. The normalized spacial score (nSPS) is 18.0. The molecule has 70 valence electrons. The third kappa shape index (κ3) is 2.18. The van der Waals surface area contributed by atoms with E-state index in [2.05, 4.69) is 0 Å². The quantitative estimate of drug-likeness (QED) is 0.230. The Morgan fingerprint density at radius 2 is 1.77 bits per heavy atom. The first-order valence-corrected chi connectivity index (χ1v) is 4.05. The number of barbiturate groups is 1. The van der Waals surface area contributed by atoms with Crippen LogP contribution in [-0.4, -0.2) is 28.3 Å². The van der Waals surface area contributed by atoms with Gasteiger partial charge in [-0.25, -0.2) is 4.79 Å². The zero-order chi connectivity index (χ0) is 10.0. The van der Waals surface area contributed by atoms with Gasteiger partial charge in [-0.1, -0.05) is 11.8 Å². The molecule has 0 aromatic carbocycles. The monoisotopic (exact) mass is 202 g/mol. The molecule has 0 saturated carbocycles. The highest BCUT2D eigenvalue weighted by Crippen LogP contribution is 2.12. The molecule has 0 bridgehead atoms. The van der Waals surface area contributed by atoms with Crippen molar-refractivity contribution in [2.24, 2.45) is 5.73 Å². The molecule has 0 aliphatic carbocycles. The second-order valence-electron chi connectivity index (χ2n) is 2.17. The summed E-state index contributed by atoms with van der Waals surface area (Å²) in [6.45, 7) is 0. The number of amidine groups is 1. The van der Waals surface area contributed by atoms with E-state index in [0.29, 0.717) is 11.8 Å². The van der Waals surface area contributed by atoms with Crippen LogP contribution in [0.15, 0.2) is 0 Å². The van der Waals surface area contributed by atoms with Gasteiger partial charge in [-0.3, -0.25) is 25.6 Å². The zero-order valence-electron chi connectivity index (χ0n) is 6.29. The molecule has 1 saturated heterocycles. The van der Waals surface area contributed by atoms with Crippen molar-refractivity contribution < 1.29 is 14.4 Å². The third-order valence-corrected chi connectivity index (χ3v) is 2.11. The lowest BCUT2D eigenvalue weighted by Crippen LogP contribution is -2.57. The molecule has 1 fully saturated rings. The molecular weight excluding hydrogens is 196 g/mol. The summed E-state index contributed by atoms with van der Waals surface area (Å²) < 4.78 is 0. The fourth-order valence-electron chi connectivity index (χ4n) is 0.739. The first kappa shape index (κ1) is 9.52. The van der Waals surface area contributed by atoms with Crippen molar-refractivity contribution in [1.29, 1.82) is 5.41 Å². The Morgan fingerprint density at radius 1 is 1.31 bits per heavy atom. The van der Waals surface area contributed by atoms with Crippen molar-refractivity contribution in [3.05, 3.63) is 0 Å². The minimum atomic E-state index is -1.16. The highest BCUT2D eigenvalue weighted by Gasteiger charge is 2.35. The van der Waals surface area contributed by atoms with E-state index in [1.807, 2.05) is 10.6 Å². The molecule has 5 N–H and O–H groups in total. The van der Waals surface area contributed by atoms with E-state index in [9.17, 15) is 14.4 Å². The number of hydrogen-bond donors (Lipinski definition) is 4. The van der Waals surface area contributed by atoms with Gasteiger partial charge in [0.2, 0.25) is 0 Å². The molecule has 0 radical (unpaired) electrons. The summed E-state index contributed by atoms with van der Waals surface area (Å²) in [5.74, 6) is -1.51. The van der Waals surface area contributed by atoms with Crippen LogP contribution in [0, 0.1) is 5.41 Å². The molecule has 13 heavy (non-hydrogen) atoms. The number of imide groups is 2. The highest BCUT2D eigenvalue weighted by molar-refractivity contribution is 8.15. The van der Waals surface area contributed by atoms with Crippen molar-refractivity contribution >= 4 is 34.8 Å². The summed E-state index contributed by atoms with van der Waals surface area (Å²) in [6.07, 6.45) is 0. The molecule has 0 aromatic rings. The lowest BCUT2D eigenvalue weighted by Gasteiger charge is -2.18. The van der Waals surface area contributed by atoms with Crippen molar-refractivity contribution in [1.82, 2.24) is 10.6 Å². The Morgan fingerprint density at radius 3 is 2.15 bits per heavy atom. The fraction of sp³-hybridized carbons (Fsp3) is 0.200. The Hall–Kier alpha value is -1.57. The number of carbonyl (C=O) groups excluding carboxylic acids is 3. The van der Waals surface area contributed by atoms with E-state index < -0.39 is 23.1 Å². The summed E-state index contributed by atoms with van der Waals surface area (Å²) in [4.78, 5) is 32.5. The van der Waals surface area contributed by atoms with Crippen LogP contribution in [0.1, 0.15) is 0 Å². The Bertz CT molecular complexity index is 282. The van der Waals surface area contributed by atoms with Crippen molar-refractivity contribution in [3.8, 4) is 0 Å². The maximum absolute atomic E-state index is 11.0. The van der Waals surface area contributed by atoms with E-state index in [1.165, 1.54) is 0 Å². The van der Waals surface area contributed by atoms with Gasteiger partial charge in [-0.05, 0) is 0 Å². The minimum absolute atomic E-state index is 0.357. The second kappa shape index (κ2) is 3.44. The number of carbonyl (C=O) groups is 3. The standard InChI is InChI=1S/C5H6N4O3S/c6-4(7)13-1-2(10)8-5(12)9-3(1)11/h1H,(H3,6,7)(H2,8,9,10,11,12). The summed E-state index contributed by atoms with van der Waals surface area (Å²) >= 11 is 0.578. The molecule has 1 heterocycles. The molecule has 8 heteroatoms. The summed E-state index contributed by atoms with van der Waals surface area (Å²) in [7, 11) is 0.